The Morgan fingerprint density at radius 3 is 2.38 bits per heavy atom. The van der Waals surface area contributed by atoms with Crippen molar-refractivity contribution in [2.24, 2.45) is 11.8 Å². The highest BCUT2D eigenvalue weighted by atomic mass is 16.6. The molecule has 0 aromatic heterocycles. The van der Waals surface area contributed by atoms with Gasteiger partial charge in [-0.25, -0.2) is 4.79 Å². The third-order valence-corrected chi connectivity index (χ3v) is 5.32. The first-order valence-electron chi connectivity index (χ1n) is 9.58. The first-order valence-corrected chi connectivity index (χ1v) is 9.58. The zero-order valence-corrected chi connectivity index (χ0v) is 16.1. The van der Waals surface area contributed by atoms with Gasteiger partial charge < -0.3 is 19.7 Å². The Labute approximate surface area is 147 Å². The Morgan fingerprint density at radius 1 is 1.12 bits per heavy atom. The van der Waals surface area contributed by atoms with Crippen LogP contribution in [0.1, 0.15) is 60.3 Å². The van der Waals surface area contributed by atoms with Crippen molar-refractivity contribution in [3.05, 3.63) is 0 Å². The molecule has 1 N–H and O–H groups in total. The number of carbonyl (C=O) groups is 1. The average Bonchev–Trinajstić information content (AvgIpc) is 2.54. The number of rotatable bonds is 4. The fourth-order valence-electron chi connectivity index (χ4n) is 3.81. The highest BCUT2D eigenvalue weighted by Gasteiger charge is 2.31. The molecule has 3 atom stereocenters. The topological polar surface area (TPSA) is 50.8 Å². The second kappa shape index (κ2) is 8.52. The molecule has 0 aromatic rings. The SMILES string of the molecule is CC(NC(C)C1CCCN(C(=O)OC(C)(C)C)C1)C1CCOCC1. The van der Waals surface area contributed by atoms with Crippen LogP contribution in [0.5, 0.6) is 0 Å². The van der Waals surface area contributed by atoms with E-state index in [0.29, 0.717) is 23.9 Å². The van der Waals surface area contributed by atoms with Crippen LogP contribution in [0, 0.1) is 11.8 Å². The molecule has 2 aliphatic heterocycles. The van der Waals surface area contributed by atoms with Crippen LogP contribution in [-0.2, 0) is 9.47 Å². The maximum Gasteiger partial charge on any atom is 0.410 e. The Hall–Kier alpha value is -0.810. The van der Waals surface area contributed by atoms with Crippen molar-refractivity contribution in [2.75, 3.05) is 26.3 Å². The van der Waals surface area contributed by atoms with Gasteiger partial charge in [0, 0.05) is 38.4 Å². The Balaban J connectivity index is 1.83. The van der Waals surface area contributed by atoms with E-state index in [9.17, 15) is 4.79 Å². The number of hydrogen-bond donors (Lipinski definition) is 1. The summed E-state index contributed by atoms with van der Waals surface area (Å²) in [5, 5.41) is 3.79. The van der Waals surface area contributed by atoms with Gasteiger partial charge in [0.25, 0.3) is 0 Å². The molecule has 2 aliphatic rings. The van der Waals surface area contributed by atoms with Crippen molar-refractivity contribution in [1.82, 2.24) is 10.2 Å². The van der Waals surface area contributed by atoms with Gasteiger partial charge in [-0.15, -0.1) is 0 Å². The second-order valence-electron chi connectivity index (χ2n) is 8.52. The number of ether oxygens (including phenoxy) is 2. The third kappa shape index (κ3) is 5.92. The van der Waals surface area contributed by atoms with Crippen LogP contribution in [0.4, 0.5) is 4.79 Å². The molecule has 3 unspecified atom stereocenters. The zero-order valence-electron chi connectivity index (χ0n) is 16.1. The monoisotopic (exact) mass is 340 g/mol. The lowest BCUT2D eigenvalue weighted by Crippen LogP contribution is -2.50. The molecule has 5 nitrogen and oxygen atoms in total. The van der Waals surface area contributed by atoms with Crippen LogP contribution in [0.3, 0.4) is 0 Å². The number of piperidine rings is 1. The lowest BCUT2D eigenvalue weighted by molar-refractivity contribution is 0.0137. The Kier molecular flexibility index (Phi) is 6.93. The summed E-state index contributed by atoms with van der Waals surface area (Å²) in [5.41, 5.74) is -0.425. The molecule has 1 amide bonds. The van der Waals surface area contributed by atoms with E-state index in [1.54, 1.807) is 0 Å². The minimum absolute atomic E-state index is 0.170. The van der Waals surface area contributed by atoms with Gasteiger partial charge in [-0.3, -0.25) is 0 Å². The van der Waals surface area contributed by atoms with Crippen LogP contribution < -0.4 is 5.32 Å². The molecular formula is C19H36N2O3. The molecule has 0 spiro atoms. The minimum atomic E-state index is -0.425. The zero-order chi connectivity index (χ0) is 17.7. The smallest absolute Gasteiger partial charge is 0.410 e. The lowest BCUT2D eigenvalue weighted by atomic mass is 9.88. The van der Waals surface area contributed by atoms with Crippen molar-refractivity contribution in [3.8, 4) is 0 Å². The van der Waals surface area contributed by atoms with Crippen LogP contribution in [0.15, 0.2) is 0 Å². The fourth-order valence-corrected chi connectivity index (χ4v) is 3.81. The quantitative estimate of drug-likeness (QED) is 0.852. The van der Waals surface area contributed by atoms with E-state index < -0.39 is 5.60 Å². The third-order valence-electron chi connectivity index (χ3n) is 5.32. The van der Waals surface area contributed by atoms with Crippen molar-refractivity contribution >= 4 is 6.09 Å². The highest BCUT2D eigenvalue weighted by molar-refractivity contribution is 5.68. The van der Waals surface area contributed by atoms with Gasteiger partial charge in [-0.05, 0) is 72.1 Å². The van der Waals surface area contributed by atoms with E-state index in [1.807, 2.05) is 25.7 Å². The summed E-state index contributed by atoms with van der Waals surface area (Å²) < 4.78 is 11.0. The summed E-state index contributed by atoms with van der Waals surface area (Å²) in [6.07, 6.45) is 4.36. The molecule has 2 fully saturated rings. The maximum atomic E-state index is 12.3. The van der Waals surface area contributed by atoms with Gasteiger partial charge in [-0.2, -0.15) is 0 Å². The number of amides is 1. The van der Waals surface area contributed by atoms with E-state index in [2.05, 4.69) is 19.2 Å². The number of likely N-dealkylation sites (tertiary alicyclic amines) is 1. The highest BCUT2D eigenvalue weighted by Crippen LogP contribution is 2.24. The predicted octanol–water partition coefficient (Wildman–Crippen LogP) is 3.43. The molecular weight excluding hydrogens is 304 g/mol. The molecule has 2 heterocycles. The normalized spacial score (nSPS) is 26.0. The van der Waals surface area contributed by atoms with Gasteiger partial charge in [0.15, 0.2) is 0 Å². The summed E-state index contributed by atoms with van der Waals surface area (Å²) >= 11 is 0. The standard InChI is InChI=1S/C19H36N2O3/c1-14(16-8-11-23-12-9-16)20-15(2)17-7-6-10-21(13-17)18(22)24-19(3,4)5/h14-17,20H,6-13H2,1-5H3. The number of carbonyl (C=O) groups excluding carboxylic acids is 1. The molecule has 2 rings (SSSR count). The van der Waals surface area contributed by atoms with Crippen LogP contribution in [0.2, 0.25) is 0 Å². The van der Waals surface area contributed by atoms with E-state index in [1.165, 1.54) is 6.42 Å². The van der Waals surface area contributed by atoms with Crippen LogP contribution >= 0.6 is 0 Å². The maximum absolute atomic E-state index is 12.3. The summed E-state index contributed by atoms with van der Waals surface area (Å²) in [4.78, 5) is 14.2. The molecule has 24 heavy (non-hydrogen) atoms. The molecule has 0 bridgehead atoms. The summed E-state index contributed by atoms with van der Waals surface area (Å²) in [7, 11) is 0. The predicted molar refractivity (Wildman–Crippen MR) is 96.1 cm³/mol. The molecule has 0 aromatic carbocycles. The molecule has 2 saturated heterocycles. The Morgan fingerprint density at radius 2 is 1.75 bits per heavy atom. The summed E-state index contributed by atoms with van der Waals surface area (Å²) in [5.74, 6) is 1.19. The van der Waals surface area contributed by atoms with Gasteiger partial charge >= 0.3 is 6.09 Å². The van der Waals surface area contributed by atoms with Crippen molar-refractivity contribution in [2.45, 2.75) is 78.0 Å². The largest absolute Gasteiger partial charge is 0.444 e. The summed E-state index contributed by atoms with van der Waals surface area (Å²) in [6, 6.07) is 0.911. The van der Waals surface area contributed by atoms with E-state index in [-0.39, 0.29) is 6.09 Å². The number of nitrogens with one attached hydrogen (secondary N) is 1. The van der Waals surface area contributed by atoms with Crippen molar-refractivity contribution in [3.63, 3.8) is 0 Å². The summed E-state index contributed by atoms with van der Waals surface area (Å²) in [6.45, 7) is 13.7. The second-order valence-corrected chi connectivity index (χ2v) is 8.52. The van der Waals surface area contributed by atoms with Gasteiger partial charge in [0.2, 0.25) is 0 Å². The molecule has 0 aliphatic carbocycles. The van der Waals surface area contributed by atoms with Crippen molar-refractivity contribution in [1.29, 1.82) is 0 Å². The van der Waals surface area contributed by atoms with Gasteiger partial charge in [0.1, 0.15) is 5.60 Å². The van der Waals surface area contributed by atoms with E-state index >= 15 is 0 Å². The van der Waals surface area contributed by atoms with E-state index in [0.717, 1.165) is 45.6 Å². The lowest BCUT2D eigenvalue weighted by Gasteiger charge is -2.39. The average molecular weight is 341 g/mol. The molecule has 5 heteroatoms. The van der Waals surface area contributed by atoms with Gasteiger partial charge in [-0.1, -0.05) is 0 Å². The molecule has 140 valence electrons. The minimum Gasteiger partial charge on any atom is -0.444 e. The van der Waals surface area contributed by atoms with Crippen LogP contribution in [-0.4, -0.2) is 55.0 Å². The first kappa shape index (κ1) is 19.5. The van der Waals surface area contributed by atoms with Crippen molar-refractivity contribution < 1.29 is 14.3 Å². The molecule has 0 saturated carbocycles. The van der Waals surface area contributed by atoms with Gasteiger partial charge in [0.05, 0.1) is 0 Å². The fraction of sp³-hybridized carbons (Fsp3) is 0.947. The Bertz CT molecular complexity index is 402. The number of hydrogen-bond acceptors (Lipinski definition) is 4. The molecule has 0 radical (unpaired) electrons. The first-order chi connectivity index (χ1) is 11.3. The van der Waals surface area contributed by atoms with E-state index in [4.69, 9.17) is 9.47 Å². The van der Waals surface area contributed by atoms with Crippen LogP contribution in [0.25, 0.3) is 0 Å². The number of nitrogens with zero attached hydrogens (tertiary/aromatic N) is 1.